The van der Waals surface area contributed by atoms with E-state index in [0.717, 1.165) is 24.1 Å². The van der Waals surface area contributed by atoms with Crippen LogP contribution in [0.3, 0.4) is 0 Å². The first-order valence-corrected chi connectivity index (χ1v) is 9.03. The lowest BCUT2D eigenvalue weighted by Crippen LogP contribution is -2.34. The van der Waals surface area contributed by atoms with Crippen molar-refractivity contribution >= 4 is 21.6 Å². The Hall–Kier alpha value is -1.40. The van der Waals surface area contributed by atoms with Crippen LogP contribution in [0.4, 0.5) is 5.69 Å². The van der Waals surface area contributed by atoms with Gasteiger partial charge in [0, 0.05) is 24.6 Å². The van der Waals surface area contributed by atoms with Gasteiger partial charge in [-0.05, 0) is 18.1 Å². The number of fused-ring (bicyclic) bond motifs is 1. The van der Waals surface area contributed by atoms with Crippen LogP contribution >= 0.6 is 0 Å². The molecule has 0 saturated heterocycles. The van der Waals surface area contributed by atoms with Crippen molar-refractivity contribution in [2.75, 3.05) is 17.6 Å². The predicted octanol–water partition coefficient (Wildman–Crippen LogP) is 2.22. The molecule has 1 aromatic carbocycles. The van der Waals surface area contributed by atoms with Crippen LogP contribution in [0.25, 0.3) is 0 Å². The Bertz CT molecular complexity index is 599. The maximum absolute atomic E-state index is 11.9. The summed E-state index contributed by atoms with van der Waals surface area (Å²) < 4.78 is 26.5. The molecule has 0 fully saturated rings. The molecule has 1 atom stereocenters. The molecule has 2 N–H and O–H groups in total. The van der Waals surface area contributed by atoms with Gasteiger partial charge in [0.1, 0.15) is 0 Å². The van der Waals surface area contributed by atoms with E-state index in [9.17, 15) is 13.2 Å². The van der Waals surface area contributed by atoms with Crippen molar-refractivity contribution in [2.45, 2.75) is 38.5 Å². The van der Waals surface area contributed by atoms with Crippen LogP contribution in [0.5, 0.6) is 0 Å². The van der Waals surface area contributed by atoms with Crippen LogP contribution in [-0.4, -0.2) is 26.6 Å². The third kappa shape index (κ3) is 4.54. The molecule has 116 valence electrons. The molecule has 5 nitrogen and oxygen atoms in total. The third-order valence-corrected chi connectivity index (χ3v) is 5.11. The van der Waals surface area contributed by atoms with Gasteiger partial charge in [-0.15, -0.1) is 0 Å². The van der Waals surface area contributed by atoms with Crippen LogP contribution in [0.1, 0.15) is 44.1 Å². The number of benzene rings is 1. The van der Waals surface area contributed by atoms with Crippen LogP contribution in [0, 0.1) is 0 Å². The maximum atomic E-state index is 11.9. The van der Waals surface area contributed by atoms with Crippen molar-refractivity contribution in [3.63, 3.8) is 0 Å². The Labute approximate surface area is 126 Å². The first-order valence-electron chi connectivity index (χ1n) is 7.38. The third-order valence-electron chi connectivity index (χ3n) is 3.67. The average Bonchev–Trinajstić information content (AvgIpc) is 2.45. The lowest BCUT2D eigenvalue weighted by atomic mass is 9.91. The zero-order chi connectivity index (χ0) is 15.3. The number of para-hydroxylation sites is 1. The zero-order valence-corrected chi connectivity index (χ0v) is 13.1. The normalized spacial score (nSPS) is 18.1. The van der Waals surface area contributed by atoms with Crippen molar-refractivity contribution in [3.05, 3.63) is 29.8 Å². The fraction of sp³-hybridized carbons (Fsp3) is 0.533. The van der Waals surface area contributed by atoms with Gasteiger partial charge < -0.3 is 5.32 Å². The molecule has 2 rings (SSSR count). The number of carbonyl (C=O) groups excluding carboxylic acids is 1. The molecule has 1 amide bonds. The highest BCUT2D eigenvalue weighted by molar-refractivity contribution is 7.89. The van der Waals surface area contributed by atoms with E-state index in [2.05, 4.69) is 10.0 Å². The molecule has 1 aliphatic heterocycles. The van der Waals surface area contributed by atoms with Gasteiger partial charge in [-0.3, -0.25) is 4.79 Å². The number of unbranched alkanes of at least 4 members (excludes halogenated alkanes) is 2. The van der Waals surface area contributed by atoms with Gasteiger partial charge in [0.25, 0.3) is 0 Å². The predicted molar refractivity (Wildman–Crippen MR) is 83.7 cm³/mol. The highest BCUT2D eigenvalue weighted by Gasteiger charge is 2.25. The summed E-state index contributed by atoms with van der Waals surface area (Å²) in [5.74, 6) is -0.0127. The van der Waals surface area contributed by atoms with E-state index in [-0.39, 0.29) is 24.1 Å². The SMILES string of the molecule is CCCCCS(=O)(=O)NC[C@H]1CC(=O)Nc2ccccc21. The first kappa shape index (κ1) is 16.0. The Morgan fingerprint density at radius 3 is 2.81 bits per heavy atom. The Morgan fingerprint density at radius 1 is 1.29 bits per heavy atom. The molecule has 0 bridgehead atoms. The second-order valence-corrected chi connectivity index (χ2v) is 7.34. The summed E-state index contributed by atoms with van der Waals surface area (Å²) in [6, 6.07) is 7.54. The van der Waals surface area contributed by atoms with E-state index in [1.165, 1.54) is 0 Å². The van der Waals surface area contributed by atoms with Gasteiger partial charge in [0.15, 0.2) is 0 Å². The highest BCUT2D eigenvalue weighted by Crippen LogP contribution is 2.31. The minimum Gasteiger partial charge on any atom is -0.326 e. The molecule has 0 aliphatic carbocycles. The number of sulfonamides is 1. The molecule has 0 unspecified atom stereocenters. The van der Waals surface area contributed by atoms with Gasteiger partial charge in [0.2, 0.25) is 15.9 Å². The molecule has 0 spiro atoms. The Kier molecular flexibility index (Phi) is 5.36. The average molecular weight is 310 g/mol. The van der Waals surface area contributed by atoms with Gasteiger partial charge in [-0.1, -0.05) is 38.0 Å². The van der Waals surface area contributed by atoms with E-state index in [0.29, 0.717) is 12.8 Å². The summed E-state index contributed by atoms with van der Waals surface area (Å²) in [5.41, 5.74) is 1.78. The maximum Gasteiger partial charge on any atom is 0.225 e. The number of anilines is 1. The van der Waals surface area contributed by atoms with E-state index in [1.807, 2.05) is 31.2 Å². The summed E-state index contributed by atoms with van der Waals surface area (Å²) in [7, 11) is -3.25. The minimum absolute atomic E-state index is 0.0659. The van der Waals surface area contributed by atoms with Crippen molar-refractivity contribution in [2.24, 2.45) is 0 Å². The molecule has 6 heteroatoms. The smallest absolute Gasteiger partial charge is 0.225 e. The molecule has 0 radical (unpaired) electrons. The number of hydrogen-bond acceptors (Lipinski definition) is 3. The number of carbonyl (C=O) groups is 1. The number of rotatable bonds is 7. The number of nitrogens with one attached hydrogen (secondary N) is 2. The van der Waals surface area contributed by atoms with Crippen molar-refractivity contribution in [1.29, 1.82) is 0 Å². The molecule has 1 heterocycles. The van der Waals surface area contributed by atoms with Gasteiger partial charge in [-0.2, -0.15) is 0 Å². The summed E-state index contributed by atoms with van der Waals surface area (Å²) in [4.78, 5) is 11.7. The first-order chi connectivity index (χ1) is 10.0. The van der Waals surface area contributed by atoms with E-state index in [1.54, 1.807) is 0 Å². The standard InChI is InChI=1S/C15H22N2O3S/c1-2-3-6-9-21(19,20)16-11-12-10-15(18)17-14-8-5-4-7-13(12)14/h4-5,7-8,12,16H,2-3,6,9-11H2,1H3,(H,17,18)/t12-/m1/s1. The molecule has 0 aromatic heterocycles. The van der Waals surface area contributed by atoms with Crippen LogP contribution in [-0.2, 0) is 14.8 Å². The van der Waals surface area contributed by atoms with Crippen molar-refractivity contribution in [3.8, 4) is 0 Å². The van der Waals surface area contributed by atoms with Crippen molar-refractivity contribution in [1.82, 2.24) is 4.72 Å². The van der Waals surface area contributed by atoms with E-state index < -0.39 is 10.0 Å². The lowest BCUT2D eigenvalue weighted by molar-refractivity contribution is -0.116. The van der Waals surface area contributed by atoms with Crippen LogP contribution in [0.15, 0.2) is 24.3 Å². The van der Waals surface area contributed by atoms with Gasteiger partial charge >= 0.3 is 0 Å². The monoisotopic (exact) mass is 310 g/mol. The molecule has 1 aromatic rings. The molecule has 1 aliphatic rings. The fourth-order valence-corrected chi connectivity index (χ4v) is 3.71. The van der Waals surface area contributed by atoms with Crippen LogP contribution < -0.4 is 10.0 Å². The molecule has 21 heavy (non-hydrogen) atoms. The van der Waals surface area contributed by atoms with Gasteiger partial charge in [-0.25, -0.2) is 13.1 Å². The topological polar surface area (TPSA) is 75.3 Å². The number of amides is 1. The minimum atomic E-state index is -3.25. The van der Waals surface area contributed by atoms with E-state index in [4.69, 9.17) is 0 Å². The Balaban J connectivity index is 1.99. The van der Waals surface area contributed by atoms with Crippen LogP contribution in [0.2, 0.25) is 0 Å². The number of hydrogen-bond donors (Lipinski definition) is 2. The van der Waals surface area contributed by atoms with Gasteiger partial charge in [0.05, 0.1) is 5.75 Å². The summed E-state index contributed by atoms with van der Waals surface area (Å²) in [6.07, 6.45) is 2.89. The Morgan fingerprint density at radius 2 is 2.05 bits per heavy atom. The molecular weight excluding hydrogens is 288 g/mol. The molecule has 0 saturated carbocycles. The second-order valence-electron chi connectivity index (χ2n) is 5.41. The zero-order valence-electron chi connectivity index (χ0n) is 12.3. The summed E-state index contributed by atoms with van der Waals surface area (Å²) >= 11 is 0. The summed E-state index contributed by atoms with van der Waals surface area (Å²) in [5, 5.41) is 2.81. The quantitative estimate of drug-likeness (QED) is 0.758. The fourth-order valence-electron chi connectivity index (χ4n) is 2.53. The highest BCUT2D eigenvalue weighted by atomic mass is 32.2. The van der Waals surface area contributed by atoms with Crippen molar-refractivity contribution < 1.29 is 13.2 Å². The van der Waals surface area contributed by atoms with E-state index >= 15 is 0 Å². The summed E-state index contributed by atoms with van der Waals surface area (Å²) in [6.45, 7) is 2.32. The lowest BCUT2D eigenvalue weighted by Gasteiger charge is -2.25. The molecular formula is C15H22N2O3S. The largest absolute Gasteiger partial charge is 0.326 e. The second kappa shape index (κ2) is 7.04.